The SMILES string of the molecule is C=CCc1ccccc1OC(C)OC1(OC(C)Oc2ccccc2CC=C)CCCCC1. The van der Waals surface area contributed by atoms with E-state index in [0.717, 1.165) is 61.2 Å². The van der Waals surface area contributed by atoms with Gasteiger partial charge in [0, 0.05) is 12.8 Å². The van der Waals surface area contributed by atoms with Gasteiger partial charge in [-0.15, -0.1) is 13.2 Å². The molecule has 1 aliphatic carbocycles. The van der Waals surface area contributed by atoms with Gasteiger partial charge in [0.2, 0.25) is 0 Å². The molecule has 4 heteroatoms. The maximum Gasteiger partial charge on any atom is 0.200 e. The zero-order valence-electron chi connectivity index (χ0n) is 19.4. The van der Waals surface area contributed by atoms with Gasteiger partial charge in [0.25, 0.3) is 0 Å². The minimum absolute atomic E-state index is 0.459. The van der Waals surface area contributed by atoms with Gasteiger partial charge in [-0.3, -0.25) is 0 Å². The Morgan fingerprint density at radius 2 is 1.19 bits per heavy atom. The van der Waals surface area contributed by atoms with Crippen LogP contribution in [0.5, 0.6) is 11.5 Å². The molecule has 3 rings (SSSR count). The molecule has 32 heavy (non-hydrogen) atoms. The van der Waals surface area contributed by atoms with Crippen molar-refractivity contribution in [2.24, 2.45) is 0 Å². The number of para-hydroxylation sites is 2. The molecule has 0 heterocycles. The van der Waals surface area contributed by atoms with Crippen molar-refractivity contribution in [3.8, 4) is 11.5 Å². The molecule has 2 aromatic carbocycles. The van der Waals surface area contributed by atoms with Crippen LogP contribution in [0.4, 0.5) is 0 Å². The minimum Gasteiger partial charge on any atom is -0.465 e. The van der Waals surface area contributed by atoms with E-state index in [1.165, 1.54) is 6.42 Å². The molecule has 0 saturated heterocycles. The lowest BCUT2D eigenvalue weighted by Crippen LogP contribution is -2.45. The fraction of sp³-hybridized carbons (Fsp3) is 0.429. The number of benzene rings is 2. The summed E-state index contributed by atoms with van der Waals surface area (Å²) in [7, 11) is 0. The van der Waals surface area contributed by atoms with Crippen LogP contribution in [0.3, 0.4) is 0 Å². The molecule has 2 unspecified atom stereocenters. The third-order valence-electron chi connectivity index (χ3n) is 5.64. The quantitative estimate of drug-likeness (QED) is 0.265. The molecular formula is C28H36O4. The summed E-state index contributed by atoms with van der Waals surface area (Å²) in [6, 6.07) is 16.0. The Hall–Kier alpha value is -2.56. The van der Waals surface area contributed by atoms with Gasteiger partial charge in [-0.25, -0.2) is 0 Å². The maximum absolute atomic E-state index is 6.44. The lowest BCUT2D eigenvalue weighted by molar-refractivity contribution is -0.334. The van der Waals surface area contributed by atoms with Gasteiger partial charge in [0.1, 0.15) is 11.5 Å². The van der Waals surface area contributed by atoms with Crippen LogP contribution in [0.25, 0.3) is 0 Å². The summed E-state index contributed by atoms with van der Waals surface area (Å²) in [5.74, 6) is 0.903. The first-order valence-corrected chi connectivity index (χ1v) is 11.6. The molecule has 0 N–H and O–H groups in total. The summed E-state index contributed by atoms with van der Waals surface area (Å²) in [6.07, 6.45) is 9.26. The van der Waals surface area contributed by atoms with E-state index >= 15 is 0 Å². The van der Waals surface area contributed by atoms with Gasteiger partial charge in [0.05, 0.1) is 0 Å². The average molecular weight is 437 g/mol. The molecule has 4 nitrogen and oxygen atoms in total. The Bertz CT molecular complexity index is 804. The second kappa shape index (κ2) is 11.9. The third-order valence-corrected chi connectivity index (χ3v) is 5.64. The van der Waals surface area contributed by atoms with Gasteiger partial charge in [-0.2, -0.15) is 0 Å². The van der Waals surface area contributed by atoms with Crippen LogP contribution in [0.15, 0.2) is 73.8 Å². The highest BCUT2D eigenvalue weighted by atomic mass is 16.8. The van der Waals surface area contributed by atoms with Crippen LogP contribution < -0.4 is 9.47 Å². The van der Waals surface area contributed by atoms with Crippen molar-refractivity contribution in [2.45, 2.75) is 77.2 Å². The van der Waals surface area contributed by atoms with Crippen LogP contribution in [0, 0.1) is 0 Å². The Morgan fingerprint density at radius 1 is 0.750 bits per heavy atom. The summed E-state index contributed by atoms with van der Waals surface area (Å²) < 4.78 is 25.2. The molecule has 0 spiro atoms. The molecule has 0 bridgehead atoms. The number of hydrogen-bond donors (Lipinski definition) is 0. The van der Waals surface area contributed by atoms with Crippen molar-refractivity contribution in [3.63, 3.8) is 0 Å². The largest absolute Gasteiger partial charge is 0.465 e. The van der Waals surface area contributed by atoms with E-state index < -0.39 is 18.4 Å². The number of ether oxygens (including phenoxy) is 4. The zero-order valence-corrected chi connectivity index (χ0v) is 19.4. The van der Waals surface area contributed by atoms with E-state index in [1.54, 1.807) is 0 Å². The topological polar surface area (TPSA) is 36.9 Å². The van der Waals surface area contributed by atoms with Crippen LogP contribution in [0.1, 0.15) is 57.1 Å². The molecule has 1 fully saturated rings. The van der Waals surface area contributed by atoms with Gasteiger partial charge in [-0.05, 0) is 62.8 Å². The molecule has 0 radical (unpaired) electrons. The van der Waals surface area contributed by atoms with E-state index in [1.807, 2.05) is 74.5 Å². The zero-order chi connectivity index (χ0) is 22.8. The fourth-order valence-electron chi connectivity index (χ4n) is 4.25. The molecule has 2 aromatic rings. The van der Waals surface area contributed by atoms with Crippen molar-refractivity contribution in [3.05, 3.63) is 85.0 Å². The van der Waals surface area contributed by atoms with Crippen molar-refractivity contribution < 1.29 is 18.9 Å². The first-order chi connectivity index (χ1) is 15.5. The predicted octanol–water partition coefficient (Wildman–Crippen LogP) is 6.99. The van der Waals surface area contributed by atoms with Gasteiger partial charge >= 0.3 is 0 Å². The van der Waals surface area contributed by atoms with E-state index in [-0.39, 0.29) is 0 Å². The van der Waals surface area contributed by atoms with Crippen molar-refractivity contribution in [2.75, 3.05) is 0 Å². The monoisotopic (exact) mass is 436 g/mol. The molecule has 2 atom stereocenters. The Balaban J connectivity index is 1.68. The summed E-state index contributed by atoms with van der Waals surface area (Å²) >= 11 is 0. The van der Waals surface area contributed by atoms with E-state index in [2.05, 4.69) is 13.2 Å². The molecule has 0 amide bonds. The second-order valence-electron chi connectivity index (χ2n) is 8.28. The van der Waals surface area contributed by atoms with E-state index in [0.29, 0.717) is 0 Å². The standard InChI is InChI=1S/C28H36O4/c1-5-14-24-16-8-10-18-26(24)29-22(3)31-28(20-12-7-13-21-28)32-23(4)30-27-19-11-9-17-25(27)15-6-2/h5-6,8-11,16-19,22-23H,1-2,7,12-15,20-21H2,3-4H3. The lowest BCUT2D eigenvalue weighted by Gasteiger charge is -2.40. The van der Waals surface area contributed by atoms with Gasteiger partial charge < -0.3 is 18.9 Å². The molecule has 1 saturated carbocycles. The molecule has 0 aromatic heterocycles. The highest BCUT2D eigenvalue weighted by Crippen LogP contribution is 2.36. The molecule has 172 valence electrons. The molecule has 1 aliphatic rings. The van der Waals surface area contributed by atoms with E-state index in [9.17, 15) is 0 Å². The van der Waals surface area contributed by atoms with Crippen molar-refractivity contribution in [1.82, 2.24) is 0 Å². The lowest BCUT2D eigenvalue weighted by atomic mass is 9.94. The highest BCUT2D eigenvalue weighted by Gasteiger charge is 2.38. The summed E-state index contributed by atoms with van der Waals surface area (Å²) in [5, 5.41) is 0. The Kier molecular flexibility index (Phi) is 8.95. The number of hydrogen-bond acceptors (Lipinski definition) is 4. The minimum atomic E-state index is -0.724. The van der Waals surface area contributed by atoms with Crippen LogP contribution in [-0.4, -0.2) is 18.4 Å². The average Bonchev–Trinajstić information content (AvgIpc) is 2.77. The number of rotatable bonds is 12. The maximum atomic E-state index is 6.44. The summed E-state index contributed by atoms with van der Waals surface area (Å²) in [5.41, 5.74) is 2.18. The van der Waals surface area contributed by atoms with Crippen LogP contribution >= 0.6 is 0 Å². The first kappa shape index (κ1) is 24.1. The van der Waals surface area contributed by atoms with E-state index in [4.69, 9.17) is 18.9 Å². The summed E-state index contributed by atoms with van der Waals surface area (Å²) in [6.45, 7) is 11.5. The molecular weight excluding hydrogens is 400 g/mol. The number of allylic oxidation sites excluding steroid dienone is 2. The predicted molar refractivity (Wildman–Crippen MR) is 129 cm³/mol. The first-order valence-electron chi connectivity index (χ1n) is 11.6. The van der Waals surface area contributed by atoms with Crippen LogP contribution in [0.2, 0.25) is 0 Å². The van der Waals surface area contributed by atoms with Gasteiger partial charge in [0.15, 0.2) is 18.4 Å². The van der Waals surface area contributed by atoms with Crippen LogP contribution in [-0.2, 0) is 22.3 Å². The smallest absolute Gasteiger partial charge is 0.200 e. The highest BCUT2D eigenvalue weighted by molar-refractivity contribution is 5.35. The summed E-state index contributed by atoms with van der Waals surface area (Å²) in [4.78, 5) is 0. The Labute approximate surface area is 192 Å². The van der Waals surface area contributed by atoms with Crippen molar-refractivity contribution >= 4 is 0 Å². The second-order valence-corrected chi connectivity index (χ2v) is 8.28. The third kappa shape index (κ3) is 6.72. The normalized spacial score (nSPS) is 17.2. The van der Waals surface area contributed by atoms with Gasteiger partial charge in [-0.1, -0.05) is 55.0 Å². The Morgan fingerprint density at radius 3 is 1.62 bits per heavy atom. The molecule has 0 aliphatic heterocycles. The van der Waals surface area contributed by atoms with Crippen molar-refractivity contribution in [1.29, 1.82) is 0 Å². The fourth-order valence-corrected chi connectivity index (χ4v) is 4.25.